The quantitative estimate of drug-likeness (QED) is 0.892. The number of nitrogens with zero attached hydrogens (tertiary/aromatic N) is 2. The summed E-state index contributed by atoms with van der Waals surface area (Å²) in [6, 6.07) is 11.2. The first-order chi connectivity index (χ1) is 11.2. The highest BCUT2D eigenvalue weighted by molar-refractivity contribution is 7.89. The largest absolute Gasteiger partial charge is 0.487 e. The lowest BCUT2D eigenvalue weighted by molar-refractivity contribution is 0.294. The molecule has 122 valence electrons. The van der Waals surface area contributed by atoms with E-state index in [9.17, 15) is 8.42 Å². The fraction of sp³-hybridized carbons (Fsp3) is 0.312. The standard InChI is InChI=1S/C16H19N3O3S/c20-23(21,19-10-8-17-9-11-19)16-12-18-7-6-15(16)22-13-14-4-2-1-3-5-14/h1-7,12,17H,8-11,13H2. The topological polar surface area (TPSA) is 71.5 Å². The zero-order chi connectivity index (χ0) is 16.1. The first-order valence-corrected chi connectivity index (χ1v) is 8.93. The smallest absolute Gasteiger partial charge is 0.248 e. The van der Waals surface area contributed by atoms with Gasteiger partial charge < -0.3 is 10.1 Å². The predicted molar refractivity (Wildman–Crippen MR) is 86.6 cm³/mol. The zero-order valence-electron chi connectivity index (χ0n) is 12.7. The van der Waals surface area contributed by atoms with E-state index in [1.807, 2.05) is 30.3 Å². The normalized spacial score (nSPS) is 16.2. The molecule has 1 fully saturated rings. The van der Waals surface area contributed by atoms with Crippen molar-refractivity contribution in [1.82, 2.24) is 14.6 Å². The summed E-state index contributed by atoms with van der Waals surface area (Å²) in [4.78, 5) is 4.08. The molecule has 1 N–H and O–H groups in total. The number of benzene rings is 1. The average molecular weight is 333 g/mol. The van der Waals surface area contributed by atoms with Crippen LogP contribution in [0.3, 0.4) is 0 Å². The SMILES string of the molecule is O=S(=O)(c1cnccc1OCc1ccccc1)N1CCNCC1. The highest BCUT2D eigenvalue weighted by atomic mass is 32.2. The van der Waals surface area contributed by atoms with E-state index in [4.69, 9.17) is 4.74 Å². The van der Waals surface area contributed by atoms with Gasteiger partial charge in [-0.25, -0.2) is 8.42 Å². The monoisotopic (exact) mass is 333 g/mol. The maximum absolute atomic E-state index is 12.8. The molecule has 1 aliphatic rings. The molecule has 1 aromatic heterocycles. The summed E-state index contributed by atoms with van der Waals surface area (Å²) in [5.41, 5.74) is 0.981. The van der Waals surface area contributed by atoms with E-state index >= 15 is 0 Å². The molecule has 0 atom stereocenters. The number of piperazine rings is 1. The van der Waals surface area contributed by atoms with E-state index < -0.39 is 10.0 Å². The van der Waals surface area contributed by atoms with Gasteiger partial charge in [-0.2, -0.15) is 4.31 Å². The molecule has 7 heteroatoms. The maximum Gasteiger partial charge on any atom is 0.248 e. The molecular weight excluding hydrogens is 314 g/mol. The van der Waals surface area contributed by atoms with Gasteiger partial charge in [0.1, 0.15) is 17.3 Å². The van der Waals surface area contributed by atoms with Crippen molar-refractivity contribution in [3.63, 3.8) is 0 Å². The van der Waals surface area contributed by atoms with Gasteiger partial charge in [0.25, 0.3) is 0 Å². The van der Waals surface area contributed by atoms with E-state index in [0.29, 0.717) is 38.5 Å². The Labute approximate surface area is 136 Å². The molecular formula is C16H19N3O3S. The molecule has 1 aromatic carbocycles. The Bertz CT molecular complexity index is 744. The van der Waals surface area contributed by atoms with Crippen LogP contribution in [0.1, 0.15) is 5.56 Å². The minimum Gasteiger partial charge on any atom is -0.487 e. The van der Waals surface area contributed by atoms with E-state index in [0.717, 1.165) is 5.56 Å². The second-order valence-electron chi connectivity index (χ2n) is 5.25. The minimum absolute atomic E-state index is 0.123. The van der Waals surface area contributed by atoms with Crippen molar-refractivity contribution in [2.75, 3.05) is 26.2 Å². The molecule has 1 aliphatic heterocycles. The lowest BCUT2D eigenvalue weighted by Gasteiger charge is -2.27. The van der Waals surface area contributed by atoms with Crippen molar-refractivity contribution in [3.8, 4) is 5.75 Å². The second-order valence-corrected chi connectivity index (χ2v) is 7.16. The molecule has 3 rings (SSSR count). The van der Waals surface area contributed by atoms with E-state index in [1.54, 1.807) is 6.07 Å². The van der Waals surface area contributed by atoms with Crippen LogP contribution in [0, 0.1) is 0 Å². The fourth-order valence-corrected chi connectivity index (χ4v) is 3.96. The lowest BCUT2D eigenvalue weighted by Crippen LogP contribution is -2.46. The lowest BCUT2D eigenvalue weighted by atomic mass is 10.2. The third-order valence-electron chi connectivity index (χ3n) is 3.68. The van der Waals surface area contributed by atoms with Crippen LogP contribution >= 0.6 is 0 Å². The van der Waals surface area contributed by atoms with Crippen LogP contribution < -0.4 is 10.1 Å². The van der Waals surface area contributed by atoms with Crippen molar-refractivity contribution in [2.45, 2.75) is 11.5 Å². The number of pyridine rings is 1. The average Bonchev–Trinajstić information content (AvgIpc) is 2.62. The second kappa shape index (κ2) is 7.08. The van der Waals surface area contributed by atoms with Gasteiger partial charge in [0.15, 0.2) is 0 Å². The summed E-state index contributed by atoms with van der Waals surface area (Å²) in [6.07, 6.45) is 2.90. The van der Waals surface area contributed by atoms with Crippen LogP contribution in [0.4, 0.5) is 0 Å². The van der Waals surface area contributed by atoms with Crippen molar-refractivity contribution in [3.05, 3.63) is 54.4 Å². The first kappa shape index (κ1) is 15.9. The van der Waals surface area contributed by atoms with Crippen molar-refractivity contribution in [1.29, 1.82) is 0 Å². The zero-order valence-corrected chi connectivity index (χ0v) is 13.5. The van der Waals surface area contributed by atoms with E-state index in [1.165, 1.54) is 16.7 Å². The predicted octanol–water partition coefficient (Wildman–Crippen LogP) is 1.25. The van der Waals surface area contributed by atoms with Crippen LogP contribution in [0.5, 0.6) is 5.75 Å². The summed E-state index contributed by atoms with van der Waals surface area (Å²) >= 11 is 0. The number of sulfonamides is 1. The van der Waals surface area contributed by atoms with Crippen LogP contribution in [0.25, 0.3) is 0 Å². The Morgan fingerprint density at radius 2 is 1.87 bits per heavy atom. The molecule has 0 unspecified atom stereocenters. The molecule has 0 bridgehead atoms. The van der Waals surface area contributed by atoms with Crippen LogP contribution in [-0.4, -0.2) is 43.9 Å². The number of nitrogens with one attached hydrogen (secondary N) is 1. The minimum atomic E-state index is -3.59. The Balaban J connectivity index is 1.82. The Hall–Kier alpha value is -1.96. The Morgan fingerprint density at radius 1 is 1.13 bits per heavy atom. The summed E-state index contributed by atoms with van der Waals surface area (Å²) in [5, 5.41) is 3.15. The molecule has 0 radical (unpaired) electrons. The Morgan fingerprint density at radius 3 is 2.61 bits per heavy atom. The van der Waals surface area contributed by atoms with Crippen molar-refractivity contribution in [2.24, 2.45) is 0 Å². The fourth-order valence-electron chi connectivity index (χ4n) is 2.44. The number of rotatable bonds is 5. The number of hydrogen-bond acceptors (Lipinski definition) is 5. The molecule has 23 heavy (non-hydrogen) atoms. The van der Waals surface area contributed by atoms with Crippen molar-refractivity contribution < 1.29 is 13.2 Å². The van der Waals surface area contributed by atoms with Gasteiger partial charge in [0, 0.05) is 32.4 Å². The number of aromatic nitrogens is 1. The van der Waals surface area contributed by atoms with Gasteiger partial charge in [-0.05, 0) is 11.6 Å². The van der Waals surface area contributed by atoms with E-state index in [2.05, 4.69) is 10.3 Å². The van der Waals surface area contributed by atoms with Gasteiger partial charge >= 0.3 is 0 Å². The Kier molecular flexibility index (Phi) is 4.90. The summed E-state index contributed by atoms with van der Waals surface area (Å²) in [6.45, 7) is 2.53. The highest BCUT2D eigenvalue weighted by Gasteiger charge is 2.29. The molecule has 0 spiro atoms. The maximum atomic E-state index is 12.8. The molecule has 0 saturated carbocycles. The highest BCUT2D eigenvalue weighted by Crippen LogP contribution is 2.26. The van der Waals surface area contributed by atoms with E-state index in [-0.39, 0.29) is 4.90 Å². The van der Waals surface area contributed by atoms with Gasteiger partial charge in [0.05, 0.1) is 6.20 Å². The van der Waals surface area contributed by atoms with Crippen molar-refractivity contribution >= 4 is 10.0 Å². The molecule has 1 saturated heterocycles. The molecule has 0 aliphatic carbocycles. The molecule has 0 amide bonds. The first-order valence-electron chi connectivity index (χ1n) is 7.49. The number of ether oxygens (including phenoxy) is 1. The summed E-state index contributed by atoms with van der Waals surface area (Å²) in [7, 11) is -3.59. The summed E-state index contributed by atoms with van der Waals surface area (Å²) in [5.74, 6) is 0.336. The van der Waals surface area contributed by atoms with Gasteiger partial charge in [-0.3, -0.25) is 4.98 Å². The van der Waals surface area contributed by atoms with Crippen LogP contribution in [-0.2, 0) is 16.6 Å². The number of hydrogen-bond donors (Lipinski definition) is 1. The van der Waals surface area contributed by atoms with Crippen LogP contribution in [0.15, 0.2) is 53.7 Å². The summed E-state index contributed by atoms with van der Waals surface area (Å²) < 4.78 is 32.8. The molecule has 2 aromatic rings. The molecule has 2 heterocycles. The third kappa shape index (κ3) is 3.69. The van der Waals surface area contributed by atoms with Gasteiger partial charge in [-0.15, -0.1) is 0 Å². The third-order valence-corrected chi connectivity index (χ3v) is 5.58. The molecule has 6 nitrogen and oxygen atoms in total. The van der Waals surface area contributed by atoms with Crippen LogP contribution in [0.2, 0.25) is 0 Å². The van der Waals surface area contributed by atoms with Gasteiger partial charge in [-0.1, -0.05) is 30.3 Å². The van der Waals surface area contributed by atoms with Gasteiger partial charge in [0.2, 0.25) is 10.0 Å².